The van der Waals surface area contributed by atoms with Crippen molar-refractivity contribution in [3.8, 4) is 0 Å². The maximum absolute atomic E-state index is 12.3. The number of aromatic nitrogens is 1. The number of nitrogens with zero attached hydrogens (tertiary/aromatic N) is 2. The molecule has 2 unspecified atom stereocenters. The Bertz CT molecular complexity index is 507. The number of carbonyl (C=O) groups is 1. The summed E-state index contributed by atoms with van der Waals surface area (Å²) in [5, 5.41) is 4.37. The van der Waals surface area contributed by atoms with Gasteiger partial charge in [0, 0.05) is 24.4 Å². The van der Waals surface area contributed by atoms with Gasteiger partial charge in [-0.3, -0.25) is 9.78 Å². The highest BCUT2D eigenvalue weighted by atomic mass is 16.1. The number of hydrogen-bond donors (Lipinski definition) is 1. The third-order valence-corrected chi connectivity index (χ3v) is 3.78. The summed E-state index contributed by atoms with van der Waals surface area (Å²) in [5.74, 6) is 0.200. The molecule has 0 spiro atoms. The average molecular weight is 243 g/mol. The van der Waals surface area contributed by atoms with E-state index in [2.05, 4.69) is 29.4 Å². The van der Waals surface area contributed by atoms with Crippen LogP contribution < -0.4 is 5.43 Å². The first-order valence-corrected chi connectivity index (χ1v) is 6.33. The van der Waals surface area contributed by atoms with E-state index in [0.717, 1.165) is 17.7 Å². The molecule has 1 aliphatic carbocycles. The van der Waals surface area contributed by atoms with Gasteiger partial charge in [-0.2, -0.15) is 5.10 Å². The molecule has 1 fully saturated rings. The number of nitrogens with one attached hydrogen (secondary N) is 1. The Morgan fingerprint density at radius 2 is 2.28 bits per heavy atom. The number of hydrogen-bond acceptors (Lipinski definition) is 4. The van der Waals surface area contributed by atoms with Crippen molar-refractivity contribution < 1.29 is 4.79 Å². The van der Waals surface area contributed by atoms with Crippen molar-refractivity contribution in [3.63, 3.8) is 0 Å². The number of ketones is 1. The monoisotopic (exact) mass is 243 g/mol. The van der Waals surface area contributed by atoms with Crippen LogP contribution in [0.4, 0.5) is 0 Å². The smallest absolute Gasteiger partial charge is 0.144 e. The molecule has 0 radical (unpaired) electrons. The predicted molar refractivity (Wildman–Crippen MR) is 69.2 cm³/mol. The molecule has 4 nitrogen and oxygen atoms in total. The highest BCUT2D eigenvalue weighted by molar-refractivity contribution is 6.15. The molecule has 2 heterocycles. The lowest BCUT2D eigenvalue weighted by atomic mass is 9.68. The van der Waals surface area contributed by atoms with Gasteiger partial charge in [0.05, 0.1) is 17.7 Å². The molecule has 2 atom stereocenters. The Kier molecular flexibility index (Phi) is 2.47. The van der Waals surface area contributed by atoms with Gasteiger partial charge in [0.1, 0.15) is 5.78 Å². The van der Waals surface area contributed by atoms with Crippen molar-refractivity contribution in [1.82, 2.24) is 10.4 Å². The Morgan fingerprint density at radius 3 is 3.00 bits per heavy atom. The molecule has 1 saturated carbocycles. The predicted octanol–water partition coefficient (Wildman–Crippen LogP) is 1.76. The molecule has 0 aromatic carbocycles. The Balaban J connectivity index is 1.91. The van der Waals surface area contributed by atoms with Gasteiger partial charge in [0.15, 0.2) is 0 Å². The van der Waals surface area contributed by atoms with Gasteiger partial charge in [-0.25, -0.2) is 0 Å². The van der Waals surface area contributed by atoms with Crippen LogP contribution in [0.2, 0.25) is 0 Å². The van der Waals surface area contributed by atoms with Gasteiger partial charge in [-0.1, -0.05) is 13.8 Å². The van der Waals surface area contributed by atoms with Crippen LogP contribution >= 0.6 is 0 Å². The summed E-state index contributed by atoms with van der Waals surface area (Å²) >= 11 is 0. The van der Waals surface area contributed by atoms with Gasteiger partial charge in [-0.15, -0.1) is 0 Å². The molecule has 94 valence electrons. The number of Topliss-reactive ketones (excluding diaryl/α,β-unsaturated/α-hetero) is 1. The molecule has 1 N–H and O–H groups in total. The fourth-order valence-corrected chi connectivity index (χ4v) is 3.03. The maximum Gasteiger partial charge on any atom is 0.144 e. The number of pyridine rings is 1. The molecule has 4 heteroatoms. The van der Waals surface area contributed by atoms with Gasteiger partial charge < -0.3 is 5.43 Å². The summed E-state index contributed by atoms with van der Waals surface area (Å²) in [6.07, 6.45) is 5.12. The first-order chi connectivity index (χ1) is 8.57. The SMILES string of the molecule is CC1(C)CC(=O)C2C(c3cccnc3)=NNC2C1. The van der Waals surface area contributed by atoms with Crippen LogP contribution in [0.25, 0.3) is 0 Å². The van der Waals surface area contributed by atoms with Crippen molar-refractivity contribution in [3.05, 3.63) is 30.1 Å². The van der Waals surface area contributed by atoms with E-state index in [1.807, 2.05) is 12.1 Å². The molecule has 1 aliphatic heterocycles. The molecular formula is C14H17N3O. The summed E-state index contributed by atoms with van der Waals surface area (Å²) in [5.41, 5.74) is 5.01. The van der Waals surface area contributed by atoms with Crippen LogP contribution in [0.1, 0.15) is 32.3 Å². The van der Waals surface area contributed by atoms with Crippen molar-refractivity contribution in [2.75, 3.05) is 0 Å². The lowest BCUT2D eigenvalue weighted by Crippen LogP contribution is -2.45. The molecule has 2 aliphatic rings. The van der Waals surface area contributed by atoms with Crippen LogP contribution in [-0.4, -0.2) is 22.5 Å². The lowest BCUT2D eigenvalue weighted by Gasteiger charge is -2.36. The average Bonchev–Trinajstić information content (AvgIpc) is 2.72. The van der Waals surface area contributed by atoms with Gasteiger partial charge in [-0.05, 0) is 24.0 Å². The topological polar surface area (TPSA) is 54.4 Å². The Hall–Kier alpha value is -1.71. The number of hydrazone groups is 1. The summed E-state index contributed by atoms with van der Waals surface area (Å²) < 4.78 is 0. The number of carbonyl (C=O) groups excluding carboxylic acids is 1. The van der Waals surface area contributed by atoms with Crippen LogP contribution in [0.3, 0.4) is 0 Å². The minimum atomic E-state index is -0.0952. The lowest BCUT2D eigenvalue weighted by molar-refractivity contribution is -0.126. The third kappa shape index (κ3) is 1.82. The molecule has 0 amide bonds. The quantitative estimate of drug-likeness (QED) is 0.817. The van der Waals surface area contributed by atoms with Gasteiger partial charge in [0.25, 0.3) is 0 Å². The largest absolute Gasteiger partial charge is 0.306 e. The first kappa shape index (κ1) is 11.4. The van der Waals surface area contributed by atoms with E-state index in [9.17, 15) is 4.79 Å². The van der Waals surface area contributed by atoms with Crippen molar-refractivity contribution in [1.29, 1.82) is 0 Å². The molecule has 1 aromatic rings. The minimum absolute atomic E-state index is 0.0746. The zero-order valence-corrected chi connectivity index (χ0v) is 10.7. The zero-order valence-electron chi connectivity index (χ0n) is 10.7. The second kappa shape index (κ2) is 3.90. The second-order valence-corrected chi connectivity index (χ2v) is 5.96. The summed E-state index contributed by atoms with van der Waals surface area (Å²) in [7, 11) is 0. The van der Waals surface area contributed by atoms with E-state index in [0.29, 0.717) is 12.2 Å². The third-order valence-electron chi connectivity index (χ3n) is 3.78. The molecule has 0 saturated heterocycles. The highest BCUT2D eigenvalue weighted by Crippen LogP contribution is 2.39. The van der Waals surface area contributed by atoms with Crippen molar-refractivity contribution in [2.45, 2.75) is 32.7 Å². The number of rotatable bonds is 1. The summed E-state index contributed by atoms with van der Waals surface area (Å²) in [6, 6.07) is 3.99. The zero-order chi connectivity index (χ0) is 12.8. The standard InChI is InChI=1S/C14H17N3O/c1-14(2)6-10-12(11(18)7-14)13(17-16-10)9-4-3-5-15-8-9/h3-5,8,10,12,16H,6-7H2,1-2H3. The van der Waals surface area contributed by atoms with E-state index in [1.54, 1.807) is 12.4 Å². The minimum Gasteiger partial charge on any atom is -0.306 e. The van der Waals surface area contributed by atoms with E-state index in [1.165, 1.54) is 0 Å². The fraction of sp³-hybridized carbons (Fsp3) is 0.500. The van der Waals surface area contributed by atoms with E-state index in [-0.39, 0.29) is 17.4 Å². The number of fused-ring (bicyclic) bond motifs is 1. The Labute approximate surface area is 107 Å². The normalized spacial score (nSPS) is 29.4. The Morgan fingerprint density at radius 1 is 1.44 bits per heavy atom. The maximum atomic E-state index is 12.3. The van der Waals surface area contributed by atoms with Gasteiger partial charge >= 0.3 is 0 Å². The van der Waals surface area contributed by atoms with E-state index >= 15 is 0 Å². The van der Waals surface area contributed by atoms with E-state index in [4.69, 9.17) is 0 Å². The fourth-order valence-electron chi connectivity index (χ4n) is 3.03. The van der Waals surface area contributed by atoms with Crippen molar-refractivity contribution >= 4 is 11.5 Å². The van der Waals surface area contributed by atoms with Crippen LogP contribution in [0.15, 0.2) is 29.6 Å². The van der Waals surface area contributed by atoms with Crippen LogP contribution in [0, 0.1) is 11.3 Å². The summed E-state index contributed by atoms with van der Waals surface area (Å²) in [4.78, 5) is 16.4. The van der Waals surface area contributed by atoms with Crippen LogP contribution in [0.5, 0.6) is 0 Å². The first-order valence-electron chi connectivity index (χ1n) is 6.33. The molecule has 18 heavy (non-hydrogen) atoms. The van der Waals surface area contributed by atoms with Crippen molar-refractivity contribution in [2.24, 2.45) is 16.4 Å². The van der Waals surface area contributed by atoms with Crippen LogP contribution in [-0.2, 0) is 4.79 Å². The molecule has 0 bridgehead atoms. The summed E-state index contributed by atoms with van der Waals surface area (Å²) in [6.45, 7) is 4.29. The molecule has 1 aromatic heterocycles. The molecule has 3 rings (SSSR count). The van der Waals surface area contributed by atoms with Gasteiger partial charge in [0.2, 0.25) is 0 Å². The second-order valence-electron chi connectivity index (χ2n) is 5.96. The highest BCUT2D eigenvalue weighted by Gasteiger charge is 2.46. The molecular weight excluding hydrogens is 226 g/mol. The van der Waals surface area contributed by atoms with E-state index < -0.39 is 0 Å².